The maximum atomic E-state index is 12.1. The molecule has 2 aromatic rings. The molecule has 1 amide bonds. The molecule has 29 heavy (non-hydrogen) atoms. The zero-order chi connectivity index (χ0) is 21.0. The summed E-state index contributed by atoms with van der Waals surface area (Å²) in [7, 11) is -3.14. The monoisotopic (exact) mass is 453 g/mol. The number of amides is 1. The zero-order valence-corrected chi connectivity index (χ0v) is 18.1. The Labute approximate surface area is 180 Å². The Morgan fingerprint density at radius 2 is 1.69 bits per heavy atom. The summed E-state index contributed by atoms with van der Waals surface area (Å²) in [5, 5.41) is 3.81. The molecule has 0 atom stereocenters. The molecule has 1 N–H and O–H groups in total. The SMILES string of the molecule is CS(=O)(=O)N1CCN(c2ccc(NC(=O)C=Cc3ccc(Cl)cc3Cl)cc2)CC1. The summed E-state index contributed by atoms with van der Waals surface area (Å²) in [5.41, 5.74) is 2.36. The van der Waals surface area contributed by atoms with Crippen molar-refractivity contribution >= 4 is 56.6 Å². The summed E-state index contributed by atoms with van der Waals surface area (Å²) in [6, 6.07) is 12.5. The molecule has 1 heterocycles. The van der Waals surface area contributed by atoms with E-state index in [-0.39, 0.29) is 5.91 Å². The number of hydrogen-bond donors (Lipinski definition) is 1. The van der Waals surface area contributed by atoms with Crippen molar-refractivity contribution in [2.45, 2.75) is 0 Å². The van der Waals surface area contributed by atoms with Crippen LogP contribution in [0.3, 0.4) is 0 Å². The molecule has 0 unspecified atom stereocenters. The van der Waals surface area contributed by atoms with E-state index in [9.17, 15) is 13.2 Å². The molecule has 1 fully saturated rings. The number of nitrogens with zero attached hydrogens (tertiary/aromatic N) is 2. The van der Waals surface area contributed by atoms with Crippen molar-refractivity contribution in [2.24, 2.45) is 0 Å². The van der Waals surface area contributed by atoms with Crippen LogP contribution in [0.15, 0.2) is 48.5 Å². The van der Waals surface area contributed by atoms with Crippen molar-refractivity contribution in [1.82, 2.24) is 4.31 Å². The van der Waals surface area contributed by atoms with Crippen LogP contribution in [0, 0.1) is 0 Å². The number of benzene rings is 2. The second-order valence-corrected chi connectivity index (χ2v) is 9.51. The molecular formula is C20H21Cl2N3O3S. The van der Waals surface area contributed by atoms with Crippen LogP contribution in [-0.4, -0.2) is 51.1 Å². The summed E-state index contributed by atoms with van der Waals surface area (Å²) in [5.74, 6) is -0.273. The Bertz CT molecular complexity index is 1020. The molecule has 1 saturated heterocycles. The van der Waals surface area contributed by atoms with Gasteiger partial charge in [-0.1, -0.05) is 29.3 Å². The predicted octanol–water partition coefficient (Wildman–Crippen LogP) is 3.73. The van der Waals surface area contributed by atoms with Crippen LogP contribution in [0.1, 0.15) is 5.56 Å². The summed E-state index contributed by atoms with van der Waals surface area (Å²) >= 11 is 12.0. The van der Waals surface area contributed by atoms with Gasteiger partial charge in [0.15, 0.2) is 0 Å². The molecule has 154 valence electrons. The smallest absolute Gasteiger partial charge is 0.248 e. The lowest BCUT2D eigenvalue weighted by molar-refractivity contribution is -0.111. The average Bonchev–Trinajstić information content (AvgIpc) is 2.67. The van der Waals surface area contributed by atoms with E-state index in [1.54, 1.807) is 24.3 Å². The third-order valence-electron chi connectivity index (χ3n) is 4.58. The van der Waals surface area contributed by atoms with Crippen molar-refractivity contribution in [2.75, 3.05) is 42.7 Å². The maximum absolute atomic E-state index is 12.1. The third kappa shape index (κ3) is 5.96. The molecule has 6 nitrogen and oxygen atoms in total. The number of hydrogen-bond acceptors (Lipinski definition) is 4. The Kier molecular flexibility index (Phi) is 6.85. The standard InChI is InChI=1S/C20H21Cl2N3O3S/c1-29(27,28)25-12-10-24(11-13-25)18-7-5-17(6-8-18)23-20(26)9-3-15-2-4-16(21)14-19(15)22/h2-9,14H,10-13H2,1H3,(H,23,26). The minimum Gasteiger partial charge on any atom is -0.369 e. The second-order valence-electron chi connectivity index (χ2n) is 6.68. The fourth-order valence-electron chi connectivity index (χ4n) is 3.02. The first-order chi connectivity index (χ1) is 13.7. The molecule has 0 aliphatic carbocycles. The van der Waals surface area contributed by atoms with Gasteiger partial charge in [0.25, 0.3) is 0 Å². The van der Waals surface area contributed by atoms with Gasteiger partial charge in [0, 0.05) is 53.7 Å². The van der Waals surface area contributed by atoms with Gasteiger partial charge in [0.1, 0.15) is 0 Å². The molecule has 1 aliphatic heterocycles. The largest absolute Gasteiger partial charge is 0.369 e. The Balaban J connectivity index is 1.56. The molecule has 0 aromatic heterocycles. The van der Waals surface area contributed by atoms with Crippen molar-refractivity contribution in [3.63, 3.8) is 0 Å². The first-order valence-electron chi connectivity index (χ1n) is 8.96. The highest BCUT2D eigenvalue weighted by molar-refractivity contribution is 7.88. The molecule has 1 aliphatic rings. The highest BCUT2D eigenvalue weighted by atomic mass is 35.5. The van der Waals surface area contributed by atoms with E-state index in [0.717, 1.165) is 5.69 Å². The van der Waals surface area contributed by atoms with Crippen LogP contribution in [0.4, 0.5) is 11.4 Å². The van der Waals surface area contributed by atoms with E-state index >= 15 is 0 Å². The summed E-state index contributed by atoms with van der Waals surface area (Å²) in [6.45, 7) is 2.19. The highest BCUT2D eigenvalue weighted by Crippen LogP contribution is 2.23. The molecular weight excluding hydrogens is 433 g/mol. The molecule has 0 bridgehead atoms. The first-order valence-corrected chi connectivity index (χ1v) is 11.6. The minimum absolute atomic E-state index is 0.273. The number of halogens is 2. The quantitative estimate of drug-likeness (QED) is 0.700. The van der Waals surface area contributed by atoms with Gasteiger partial charge in [-0.15, -0.1) is 0 Å². The number of nitrogens with one attached hydrogen (secondary N) is 1. The third-order valence-corrected chi connectivity index (χ3v) is 6.45. The van der Waals surface area contributed by atoms with Crippen LogP contribution >= 0.6 is 23.2 Å². The van der Waals surface area contributed by atoms with Crippen LogP contribution < -0.4 is 10.2 Å². The van der Waals surface area contributed by atoms with Crippen molar-refractivity contribution in [3.05, 3.63) is 64.1 Å². The van der Waals surface area contributed by atoms with E-state index in [4.69, 9.17) is 23.2 Å². The lowest BCUT2D eigenvalue weighted by Crippen LogP contribution is -2.48. The molecule has 0 spiro atoms. The van der Waals surface area contributed by atoms with E-state index < -0.39 is 10.0 Å². The van der Waals surface area contributed by atoms with Gasteiger partial charge in [-0.25, -0.2) is 8.42 Å². The summed E-state index contributed by atoms with van der Waals surface area (Å²) in [6.07, 6.45) is 4.27. The normalized spacial score (nSPS) is 15.6. The van der Waals surface area contributed by atoms with Crippen LogP contribution in [-0.2, 0) is 14.8 Å². The lowest BCUT2D eigenvalue weighted by atomic mass is 10.2. The molecule has 0 saturated carbocycles. The van der Waals surface area contributed by atoms with Gasteiger partial charge in [0.05, 0.1) is 6.26 Å². The summed E-state index contributed by atoms with van der Waals surface area (Å²) in [4.78, 5) is 14.3. The number of piperazine rings is 1. The van der Waals surface area contributed by atoms with Crippen molar-refractivity contribution in [1.29, 1.82) is 0 Å². The van der Waals surface area contributed by atoms with Crippen LogP contribution in [0.2, 0.25) is 10.0 Å². The number of rotatable bonds is 5. The fraction of sp³-hybridized carbons (Fsp3) is 0.250. The number of sulfonamides is 1. The second kappa shape index (κ2) is 9.17. The topological polar surface area (TPSA) is 69.7 Å². The predicted molar refractivity (Wildman–Crippen MR) is 119 cm³/mol. The van der Waals surface area contributed by atoms with E-state index in [2.05, 4.69) is 10.2 Å². The van der Waals surface area contributed by atoms with Crippen molar-refractivity contribution < 1.29 is 13.2 Å². The average molecular weight is 454 g/mol. The zero-order valence-electron chi connectivity index (χ0n) is 15.8. The van der Waals surface area contributed by atoms with Gasteiger partial charge in [-0.2, -0.15) is 4.31 Å². The molecule has 3 rings (SSSR count). The Morgan fingerprint density at radius 1 is 1.03 bits per heavy atom. The number of carbonyl (C=O) groups is 1. The van der Waals surface area contributed by atoms with E-state index in [1.807, 2.05) is 24.3 Å². The van der Waals surface area contributed by atoms with E-state index in [1.165, 1.54) is 16.6 Å². The number of carbonyl (C=O) groups excluding carboxylic acids is 1. The Morgan fingerprint density at radius 3 is 2.28 bits per heavy atom. The van der Waals surface area contributed by atoms with Gasteiger partial charge >= 0.3 is 0 Å². The maximum Gasteiger partial charge on any atom is 0.248 e. The fourth-order valence-corrected chi connectivity index (χ4v) is 4.32. The first kappa shape index (κ1) is 21.6. The summed E-state index contributed by atoms with van der Waals surface area (Å²) < 4.78 is 24.7. The molecule has 9 heteroatoms. The van der Waals surface area contributed by atoms with Crippen LogP contribution in [0.5, 0.6) is 0 Å². The Hall–Kier alpha value is -2.06. The molecule has 0 radical (unpaired) electrons. The lowest BCUT2D eigenvalue weighted by Gasteiger charge is -2.34. The minimum atomic E-state index is -3.14. The van der Waals surface area contributed by atoms with Gasteiger partial charge in [0.2, 0.25) is 15.9 Å². The number of anilines is 2. The molecule has 2 aromatic carbocycles. The van der Waals surface area contributed by atoms with Crippen LogP contribution in [0.25, 0.3) is 6.08 Å². The van der Waals surface area contributed by atoms with Gasteiger partial charge < -0.3 is 10.2 Å². The van der Waals surface area contributed by atoms with Gasteiger partial charge in [-0.05, 0) is 48.0 Å². The highest BCUT2D eigenvalue weighted by Gasteiger charge is 2.23. The van der Waals surface area contributed by atoms with Gasteiger partial charge in [-0.3, -0.25) is 4.79 Å². The van der Waals surface area contributed by atoms with Crippen molar-refractivity contribution in [3.8, 4) is 0 Å². The van der Waals surface area contributed by atoms with E-state index in [0.29, 0.717) is 47.5 Å².